The Morgan fingerprint density at radius 3 is 2.33 bits per heavy atom. The normalized spacial score (nSPS) is 11.7. The molecule has 3 aromatic carbocycles. The first-order valence-electron chi connectivity index (χ1n) is 12.9. The van der Waals surface area contributed by atoms with Crippen LogP contribution in [0.15, 0.2) is 114 Å². The Labute approximate surface area is 246 Å². The number of hydrogen-bond acceptors (Lipinski definition) is 7. The van der Waals surface area contributed by atoms with Crippen LogP contribution in [0.4, 0.5) is 17.2 Å². The summed E-state index contributed by atoms with van der Waals surface area (Å²) >= 11 is 1.35. The van der Waals surface area contributed by atoms with Gasteiger partial charge in [-0.25, -0.2) is 4.98 Å². The Hall–Kier alpha value is -5.29. The fraction of sp³-hybridized carbons (Fsp3) is 0.0968. The van der Waals surface area contributed by atoms with Gasteiger partial charge in [-0.05, 0) is 72.7 Å². The maximum atomic E-state index is 13.4. The molecule has 0 bridgehead atoms. The zero-order valence-electron chi connectivity index (χ0n) is 22.5. The van der Waals surface area contributed by atoms with Gasteiger partial charge in [0.05, 0.1) is 10.2 Å². The zero-order valence-corrected chi connectivity index (χ0v) is 23.3. The summed E-state index contributed by atoms with van der Waals surface area (Å²) < 4.78 is 0. The van der Waals surface area contributed by atoms with Gasteiger partial charge in [-0.1, -0.05) is 37.3 Å². The van der Waals surface area contributed by atoms with Gasteiger partial charge in [0.2, 0.25) is 5.91 Å². The van der Waals surface area contributed by atoms with Crippen LogP contribution >= 0.6 is 11.8 Å². The summed E-state index contributed by atoms with van der Waals surface area (Å²) in [6.07, 6.45) is 3.60. The first-order chi connectivity index (χ1) is 20.3. The number of rotatable bonds is 11. The third kappa shape index (κ3) is 8.35. The molecule has 1 heterocycles. The SMILES string of the molecule is CCC(Sc1cccc(NC(=O)/C(=C\c2ccc([N+](=O)[O-])cc2)NC(=O)c2ccccc2)c1)C(=O)Nc1ccccn1. The molecule has 0 spiro atoms. The number of nitro benzene ring substituents is 1. The quantitative estimate of drug-likeness (QED) is 0.0865. The summed E-state index contributed by atoms with van der Waals surface area (Å²) in [5.74, 6) is -0.812. The molecule has 212 valence electrons. The number of nitro groups is 1. The number of hydrogen-bond donors (Lipinski definition) is 3. The number of amides is 3. The van der Waals surface area contributed by atoms with Crippen LogP contribution in [0.5, 0.6) is 0 Å². The minimum Gasteiger partial charge on any atom is -0.321 e. The van der Waals surface area contributed by atoms with E-state index in [1.54, 1.807) is 72.9 Å². The topological polar surface area (TPSA) is 143 Å². The summed E-state index contributed by atoms with van der Waals surface area (Å²) in [5.41, 5.74) is 1.13. The van der Waals surface area contributed by atoms with Crippen LogP contribution in [0.1, 0.15) is 29.3 Å². The lowest BCUT2D eigenvalue weighted by Crippen LogP contribution is -2.30. The highest BCUT2D eigenvalue weighted by Crippen LogP contribution is 2.28. The molecule has 42 heavy (non-hydrogen) atoms. The number of aromatic nitrogens is 1. The number of anilines is 2. The highest BCUT2D eigenvalue weighted by molar-refractivity contribution is 8.00. The van der Waals surface area contributed by atoms with Crippen molar-refractivity contribution in [3.05, 3.63) is 130 Å². The van der Waals surface area contributed by atoms with Crippen molar-refractivity contribution in [3.8, 4) is 0 Å². The monoisotopic (exact) mass is 581 g/mol. The van der Waals surface area contributed by atoms with Gasteiger partial charge in [-0.15, -0.1) is 11.8 Å². The van der Waals surface area contributed by atoms with E-state index >= 15 is 0 Å². The number of non-ortho nitro benzene ring substituents is 1. The molecule has 0 aliphatic rings. The maximum Gasteiger partial charge on any atom is 0.272 e. The number of pyridine rings is 1. The Morgan fingerprint density at radius 2 is 1.67 bits per heavy atom. The van der Waals surface area contributed by atoms with Crippen molar-refractivity contribution in [1.82, 2.24) is 10.3 Å². The average Bonchev–Trinajstić information content (AvgIpc) is 3.00. The van der Waals surface area contributed by atoms with Crippen LogP contribution in [0.3, 0.4) is 0 Å². The lowest BCUT2D eigenvalue weighted by Gasteiger charge is -2.15. The Balaban J connectivity index is 1.52. The third-order valence-corrected chi connectivity index (χ3v) is 7.25. The minimum atomic E-state index is -0.597. The Morgan fingerprint density at radius 1 is 0.929 bits per heavy atom. The molecule has 1 unspecified atom stereocenters. The molecule has 0 aliphatic heterocycles. The predicted molar refractivity (Wildman–Crippen MR) is 163 cm³/mol. The van der Waals surface area contributed by atoms with E-state index in [4.69, 9.17) is 0 Å². The van der Waals surface area contributed by atoms with E-state index in [0.717, 1.165) is 4.90 Å². The van der Waals surface area contributed by atoms with Crippen molar-refractivity contribution < 1.29 is 19.3 Å². The molecule has 0 saturated carbocycles. The number of benzene rings is 3. The second-order valence-corrected chi connectivity index (χ2v) is 10.2. The fourth-order valence-electron chi connectivity index (χ4n) is 3.78. The largest absolute Gasteiger partial charge is 0.321 e. The molecule has 3 N–H and O–H groups in total. The highest BCUT2D eigenvalue weighted by atomic mass is 32.2. The molecule has 0 fully saturated rings. The van der Waals surface area contributed by atoms with E-state index in [1.165, 1.54) is 42.1 Å². The second kappa shape index (κ2) is 14.4. The molecule has 4 rings (SSSR count). The molecule has 0 aliphatic carbocycles. The lowest BCUT2D eigenvalue weighted by atomic mass is 10.1. The summed E-state index contributed by atoms with van der Waals surface area (Å²) in [4.78, 5) is 54.5. The van der Waals surface area contributed by atoms with Gasteiger partial charge in [-0.3, -0.25) is 24.5 Å². The second-order valence-electron chi connectivity index (χ2n) is 8.93. The maximum absolute atomic E-state index is 13.4. The van der Waals surface area contributed by atoms with Crippen molar-refractivity contribution in [2.45, 2.75) is 23.5 Å². The van der Waals surface area contributed by atoms with E-state index in [9.17, 15) is 24.5 Å². The number of nitrogens with zero attached hydrogens (tertiary/aromatic N) is 2. The number of carbonyl (C=O) groups excluding carboxylic acids is 3. The van der Waals surface area contributed by atoms with Crippen molar-refractivity contribution >= 4 is 52.8 Å². The fourth-order valence-corrected chi connectivity index (χ4v) is 4.79. The van der Waals surface area contributed by atoms with Gasteiger partial charge in [-0.2, -0.15) is 0 Å². The molecule has 0 saturated heterocycles. The van der Waals surface area contributed by atoms with Crippen molar-refractivity contribution in [2.24, 2.45) is 0 Å². The van der Waals surface area contributed by atoms with Gasteiger partial charge >= 0.3 is 0 Å². The van der Waals surface area contributed by atoms with Crippen LogP contribution in [-0.4, -0.2) is 32.9 Å². The lowest BCUT2D eigenvalue weighted by molar-refractivity contribution is -0.384. The molecule has 4 aromatic rings. The van der Waals surface area contributed by atoms with Gasteiger partial charge in [0.1, 0.15) is 11.5 Å². The van der Waals surface area contributed by atoms with E-state index < -0.39 is 22.0 Å². The van der Waals surface area contributed by atoms with E-state index in [0.29, 0.717) is 29.1 Å². The van der Waals surface area contributed by atoms with Crippen LogP contribution < -0.4 is 16.0 Å². The number of nitrogens with one attached hydrogen (secondary N) is 3. The smallest absolute Gasteiger partial charge is 0.272 e. The van der Waals surface area contributed by atoms with E-state index in [-0.39, 0.29) is 17.3 Å². The number of thioether (sulfide) groups is 1. The minimum absolute atomic E-state index is 0.0584. The predicted octanol–water partition coefficient (Wildman–Crippen LogP) is 5.91. The highest BCUT2D eigenvalue weighted by Gasteiger charge is 2.20. The van der Waals surface area contributed by atoms with Crippen molar-refractivity contribution in [1.29, 1.82) is 0 Å². The van der Waals surface area contributed by atoms with Crippen LogP contribution in [-0.2, 0) is 9.59 Å². The van der Waals surface area contributed by atoms with E-state index in [2.05, 4.69) is 20.9 Å². The van der Waals surface area contributed by atoms with Crippen molar-refractivity contribution in [3.63, 3.8) is 0 Å². The standard InChI is InChI=1S/C31H27N5O5S/c1-2-27(31(39)35-28-13-6-7-18-32-28)42-25-12-8-11-23(20-25)33-30(38)26(34-29(37)22-9-4-3-5-10-22)19-21-14-16-24(17-15-21)36(40)41/h3-20,27H,2H2,1H3,(H,33,38)(H,34,37)(H,32,35,39)/b26-19+. The average molecular weight is 582 g/mol. The third-order valence-electron chi connectivity index (χ3n) is 5.89. The molecule has 3 amide bonds. The zero-order chi connectivity index (χ0) is 29.9. The first kappa shape index (κ1) is 29.7. The molecule has 10 nitrogen and oxygen atoms in total. The molecule has 0 radical (unpaired) electrons. The summed E-state index contributed by atoms with van der Waals surface area (Å²) in [7, 11) is 0. The first-order valence-corrected chi connectivity index (χ1v) is 13.8. The van der Waals surface area contributed by atoms with Gasteiger partial charge in [0.25, 0.3) is 17.5 Å². The molecule has 11 heteroatoms. The molecular formula is C31H27N5O5S. The summed E-state index contributed by atoms with van der Waals surface area (Å²) in [6.45, 7) is 1.91. The van der Waals surface area contributed by atoms with Gasteiger partial charge in [0.15, 0.2) is 0 Å². The summed E-state index contributed by atoms with van der Waals surface area (Å²) in [6, 6.07) is 26.3. The van der Waals surface area contributed by atoms with Crippen molar-refractivity contribution in [2.75, 3.05) is 10.6 Å². The van der Waals surface area contributed by atoms with Crippen LogP contribution in [0, 0.1) is 10.1 Å². The molecule has 1 aromatic heterocycles. The van der Waals surface area contributed by atoms with E-state index in [1.807, 2.05) is 13.0 Å². The Kier molecular flexibility index (Phi) is 10.2. The summed E-state index contributed by atoms with van der Waals surface area (Å²) in [5, 5.41) is 18.9. The molecule has 1 atom stereocenters. The molecular weight excluding hydrogens is 554 g/mol. The van der Waals surface area contributed by atoms with Crippen LogP contribution in [0.2, 0.25) is 0 Å². The number of carbonyl (C=O) groups is 3. The van der Waals surface area contributed by atoms with Crippen LogP contribution in [0.25, 0.3) is 6.08 Å². The van der Waals surface area contributed by atoms with Gasteiger partial charge in [0, 0.05) is 34.5 Å². The van der Waals surface area contributed by atoms with Gasteiger partial charge < -0.3 is 16.0 Å². The Bertz CT molecular complexity index is 1600.